The fourth-order valence-corrected chi connectivity index (χ4v) is 3.94. The molecule has 0 spiro atoms. The van der Waals surface area contributed by atoms with Crippen molar-refractivity contribution in [2.24, 2.45) is 0 Å². The molecule has 1 aromatic rings. The largest absolute Gasteiger partial charge is 0.491 e. The third kappa shape index (κ3) is 4.00. The Hall–Kier alpha value is -2.11. The number of carboxylic acid groups (broad SMARTS) is 1. The summed E-state index contributed by atoms with van der Waals surface area (Å²) in [6.07, 6.45) is 3.17. The number of amides is 1. The number of halogens is 1. The smallest absolute Gasteiger partial charge is 0.335 e. The van der Waals surface area contributed by atoms with Crippen molar-refractivity contribution >= 4 is 27.8 Å². The highest BCUT2D eigenvalue weighted by Gasteiger charge is 2.36. The summed E-state index contributed by atoms with van der Waals surface area (Å²) < 4.78 is 6.35. The molecule has 0 radical (unpaired) electrons. The second-order valence-corrected chi connectivity index (χ2v) is 7.43. The molecule has 138 valence electrons. The summed E-state index contributed by atoms with van der Waals surface area (Å²) in [4.78, 5) is 25.2. The van der Waals surface area contributed by atoms with E-state index in [4.69, 9.17) is 15.1 Å². The van der Waals surface area contributed by atoms with Crippen molar-refractivity contribution < 1.29 is 19.4 Å². The minimum absolute atomic E-state index is 0.00328. The quantitative estimate of drug-likeness (QED) is 0.754. The average Bonchev–Trinajstić information content (AvgIpc) is 3.29. The lowest BCUT2D eigenvalue weighted by Gasteiger charge is -2.24. The Kier molecular flexibility index (Phi) is 5.79. The van der Waals surface area contributed by atoms with E-state index >= 15 is 0 Å². The van der Waals surface area contributed by atoms with E-state index in [0.29, 0.717) is 23.4 Å². The van der Waals surface area contributed by atoms with Gasteiger partial charge in [-0.3, -0.25) is 10.1 Å². The van der Waals surface area contributed by atoms with Gasteiger partial charge < -0.3 is 14.7 Å². The van der Waals surface area contributed by atoms with Crippen molar-refractivity contribution in [1.29, 1.82) is 5.26 Å². The molecule has 3 rings (SSSR count). The van der Waals surface area contributed by atoms with E-state index in [9.17, 15) is 9.59 Å². The Labute approximate surface area is 160 Å². The second kappa shape index (κ2) is 8.06. The average molecular weight is 422 g/mol. The first-order valence-electron chi connectivity index (χ1n) is 8.61. The minimum Gasteiger partial charge on any atom is -0.491 e. The van der Waals surface area contributed by atoms with Crippen molar-refractivity contribution in [3.63, 3.8) is 0 Å². The number of nitriles is 1. The van der Waals surface area contributed by atoms with Crippen molar-refractivity contribution in [2.45, 2.75) is 43.8 Å². The van der Waals surface area contributed by atoms with E-state index in [1.165, 1.54) is 12.1 Å². The van der Waals surface area contributed by atoms with Crippen LogP contribution in [-0.2, 0) is 4.79 Å². The summed E-state index contributed by atoms with van der Waals surface area (Å²) in [7, 11) is 0. The molecule has 2 fully saturated rings. The van der Waals surface area contributed by atoms with Gasteiger partial charge in [0.1, 0.15) is 18.4 Å². The van der Waals surface area contributed by atoms with E-state index in [2.05, 4.69) is 27.3 Å². The Balaban J connectivity index is 1.53. The minimum atomic E-state index is -0.992. The summed E-state index contributed by atoms with van der Waals surface area (Å²) in [6, 6.07) is 6.28. The molecule has 1 amide bonds. The van der Waals surface area contributed by atoms with Gasteiger partial charge in [-0.15, -0.1) is 0 Å². The number of aromatic carboxylic acids is 1. The standard InChI is InChI=1S/C18H20BrN3O4/c19-14-8-11(18(24)25)3-6-16(14)26-10-12-4-5-15(21-12)17(23)22-7-1-2-13(22)9-20/h3,6,8,12-13,15,21H,1-2,4-5,7,10H2,(H,24,25). The zero-order chi connectivity index (χ0) is 18.7. The first kappa shape index (κ1) is 18.7. The van der Waals surface area contributed by atoms with E-state index in [1.54, 1.807) is 11.0 Å². The molecule has 2 heterocycles. The van der Waals surface area contributed by atoms with Crippen LogP contribution >= 0.6 is 15.9 Å². The van der Waals surface area contributed by atoms with Crippen LogP contribution in [0.1, 0.15) is 36.0 Å². The molecule has 1 aromatic carbocycles. The number of carbonyl (C=O) groups excluding carboxylic acids is 1. The molecule has 2 aliphatic rings. The maximum Gasteiger partial charge on any atom is 0.335 e. The monoisotopic (exact) mass is 421 g/mol. The van der Waals surface area contributed by atoms with Crippen LogP contribution in [0.15, 0.2) is 22.7 Å². The van der Waals surface area contributed by atoms with Gasteiger partial charge >= 0.3 is 5.97 Å². The molecule has 0 saturated carbocycles. The lowest BCUT2D eigenvalue weighted by Crippen LogP contribution is -2.47. The third-order valence-electron chi connectivity index (χ3n) is 4.84. The number of hydrogen-bond acceptors (Lipinski definition) is 5. The summed E-state index contributed by atoms with van der Waals surface area (Å²) in [5, 5.41) is 21.4. The molecule has 2 aliphatic heterocycles. The summed E-state index contributed by atoms with van der Waals surface area (Å²) in [6.45, 7) is 1.04. The Morgan fingerprint density at radius 2 is 2.19 bits per heavy atom. The number of likely N-dealkylation sites (tertiary alicyclic amines) is 1. The molecule has 3 unspecified atom stereocenters. The van der Waals surface area contributed by atoms with Gasteiger partial charge in [0.05, 0.1) is 22.1 Å². The topological polar surface area (TPSA) is 103 Å². The molecule has 2 saturated heterocycles. The number of ether oxygens (including phenoxy) is 1. The highest BCUT2D eigenvalue weighted by atomic mass is 79.9. The molecular formula is C18H20BrN3O4. The van der Waals surface area contributed by atoms with Crippen LogP contribution < -0.4 is 10.1 Å². The van der Waals surface area contributed by atoms with Crippen LogP contribution in [0.2, 0.25) is 0 Å². The highest BCUT2D eigenvalue weighted by Crippen LogP contribution is 2.27. The van der Waals surface area contributed by atoms with Crippen LogP contribution in [0.25, 0.3) is 0 Å². The van der Waals surface area contributed by atoms with Gasteiger partial charge in [0.2, 0.25) is 5.91 Å². The van der Waals surface area contributed by atoms with Gasteiger partial charge in [0.25, 0.3) is 0 Å². The van der Waals surface area contributed by atoms with Gasteiger partial charge in [0, 0.05) is 12.6 Å². The number of nitrogens with one attached hydrogen (secondary N) is 1. The van der Waals surface area contributed by atoms with Gasteiger partial charge in [-0.2, -0.15) is 5.26 Å². The van der Waals surface area contributed by atoms with E-state index in [1.807, 2.05) is 0 Å². The maximum absolute atomic E-state index is 12.6. The number of benzene rings is 1. The molecule has 3 atom stereocenters. The molecular weight excluding hydrogens is 402 g/mol. The van der Waals surface area contributed by atoms with Gasteiger partial charge in [0.15, 0.2) is 0 Å². The molecule has 26 heavy (non-hydrogen) atoms. The van der Waals surface area contributed by atoms with E-state index < -0.39 is 5.97 Å². The summed E-state index contributed by atoms with van der Waals surface area (Å²) in [5.74, 6) is -0.423. The number of nitrogens with zero attached hydrogens (tertiary/aromatic N) is 2. The number of rotatable bonds is 5. The molecule has 0 aromatic heterocycles. The first-order chi connectivity index (χ1) is 12.5. The van der Waals surface area contributed by atoms with Crippen molar-refractivity contribution in [2.75, 3.05) is 13.2 Å². The molecule has 0 bridgehead atoms. The molecule has 0 aliphatic carbocycles. The SMILES string of the molecule is N#CC1CCCN1C(=O)C1CCC(COc2ccc(C(=O)O)cc2Br)N1. The lowest BCUT2D eigenvalue weighted by molar-refractivity contribution is -0.133. The van der Waals surface area contributed by atoms with Crippen molar-refractivity contribution in [1.82, 2.24) is 10.2 Å². The summed E-state index contributed by atoms with van der Waals surface area (Å²) in [5.41, 5.74) is 0.187. The van der Waals surface area contributed by atoms with E-state index in [0.717, 1.165) is 25.7 Å². The predicted molar refractivity (Wildman–Crippen MR) is 96.9 cm³/mol. The van der Waals surface area contributed by atoms with Crippen LogP contribution in [0.3, 0.4) is 0 Å². The number of carboxylic acids is 1. The normalized spacial score (nSPS) is 25.1. The third-order valence-corrected chi connectivity index (χ3v) is 5.46. The van der Waals surface area contributed by atoms with Crippen molar-refractivity contribution in [3.05, 3.63) is 28.2 Å². The molecule has 8 heteroatoms. The highest BCUT2D eigenvalue weighted by molar-refractivity contribution is 9.10. The zero-order valence-corrected chi connectivity index (χ0v) is 15.7. The molecule has 2 N–H and O–H groups in total. The van der Waals surface area contributed by atoms with Gasteiger partial charge in [-0.05, 0) is 59.8 Å². The first-order valence-corrected chi connectivity index (χ1v) is 9.40. The van der Waals surface area contributed by atoms with Crippen LogP contribution in [0.5, 0.6) is 5.75 Å². The Morgan fingerprint density at radius 3 is 2.88 bits per heavy atom. The van der Waals surface area contributed by atoms with Gasteiger partial charge in [-0.25, -0.2) is 4.79 Å². The van der Waals surface area contributed by atoms with Crippen molar-refractivity contribution in [3.8, 4) is 11.8 Å². The Morgan fingerprint density at radius 1 is 1.38 bits per heavy atom. The second-order valence-electron chi connectivity index (χ2n) is 6.57. The fraction of sp³-hybridized carbons (Fsp3) is 0.500. The van der Waals surface area contributed by atoms with Crippen LogP contribution in [-0.4, -0.2) is 53.2 Å². The van der Waals surface area contributed by atoms with E-state index in [-0.39, 0.29) is 29.6 Å². The Bertz CT molecular complexity index is 748. The molecule has 7 nitrogen and oxygen atoms in total. The number of carbonyl (C=O) groups is 2. The van der Waals surface area contributed by atoms with Gasteiger partial charge in [-0.1, -0.05) is 0 Å². The fourth-order valence-electron chi connectivity index (χ4n) is 3.45. The predicted octanol–water partition coefficient (Wildman–Crippen LogP) is 2.16. The number of hydrogen-bond donors (Lipinski definition) is 2. The van der Waals surface area contributed by atoms with Crippen LogP contribution in [0.4, 0.5) is 0 Å². The zero-order valence-electron chi connectivity index (χ0n) is 14.2. The lowest BCUT2D eigenvalue weighted by atomic mass is 10.1. The summed E-state index contributed by atoms with van der Waals surface area (Å²) >= 11 is 3.32. The van der Waals surface area contributed by atoms with Crippen LogP contribution in [0, 0.1) is 11.3 Å². The maximum atomic E-state index is 12.6.